The van der Waals surface area contributed by atoms with Crippen LogP contribution in [0.2, 0.25) is 0 Å². The van der Waals surface area contributed by atoms with Crippen molar-refractivity contribution in [3.8, 4) is 0 Å². The molecule has 0 atom stereocenters. The van der Waals surface area contributed by atoms with Crippen molar-refractivity contribution in [3.05, 3.63) is 35.9 Å². The van der Waals surface area contributed by atoms with Gasteiger partial charge in [0.1, 0.15) is 5.78 Å². The third-order valence-corrected chi connectivity index (χ3v) is 4.14. The first-order valence-electron chi connectivity index (χ1n) is 5.95. The van der Waals surface area contributed by atoms with E-state index in [-0.39, 0.29) is 0 Å². The molecule has 0 heterocycles. The topological polar surface area (TPSA) is 17.1 Å². The molecule has 0 bridgehead atoms. The fourth-order valence-electron chi connectivity index (χ4n) is 2.58. The molecule has 0 aromatic heterocycles. The molecule has 0 saturated heterocycles. The van der Waals surface area contributed by atoms with E-state index < -0.39 is 0 Å². The second-order valence-corrected chi connectivity index (χ2v) is 5.12. The lowest BCUT2D eigenvalue weighted by Crippen LogP contribution is -2.21. The maximum atomic E-state index is 11.6. The van der Waals surface area contributed by atoms with E-state index in [1.807, 2.05) is 0 Å². The van der Waals surface area contributed by atoms with Crippen LogP contribution in [-0.4, -0.2) is 11.1 Å². The van der Waals surface area contributed by atoms with Crippen molar-refractivity contribution in [3.63, 3.8) is 0 Å². The van der Waals surface area contributed by atoms with Crippen molar-refractivity contribution < 1.29 is 4.79 Å². The molecule has 0 aliphatic heterocycles. The van der Waals surface area contributed by atoms with Gasteiger partial charge in [0.15, 0.2) is 0 Å². The quantitative estimate of drug-likeness (QED) is 0.767. The van der Waals surface area contributed by atoms with Crippen LogP contribution in [0.1, 0.15) is 37.2 Å². The minimum absolute atomic E-state index is 0.305. The van der Waals surface area contributed by atoms with Crippen LogP contribution in [0, 0.1) is 5.92 Å². The molecular formula is C14H17BrO. The van der Waals surface area contributed by atoms with Gasteiger partial charge in [-0.15, -0.1) is 0 Å². The highest BCUT2D eigenvalue weighted by atomic mass is 79.9. The molecule has 1 aliphatic rings. The highest BCUT2D eigenvalue weighted by Gasteiger charge is 2.25. The first-order chi connectivity index (χ1) is 7.81. The number of rotatable bonds is 3. The summed E-state index contributed by atoms with van der Waals surface area (Å²) in [6, 6.07) is 10.7. The molecule has 16 heavy (non-hydrogen) atoms. The Morgan fingerprint density at radius 2 is 1.75 bits per heavy atom. The number of benzene rings is 1. The number of carbonyl (C=O) groups is 1. The van der Waals surface area contributed by atoms with Crippen LogP contribution in [0.4, 0.5) is 0 Å². The molecule has 2 heteroatoms. The largest absolute Gasteiger partial charge is 0.298 e. The summed E-state index contributed by atoms with van der Waals surface area (Å²) >= 11 is 3.26. The van der Waals surface area contributed by atoms with Crippen LogP contribution in [0.3, 0.4) is 0 Å². The predicted molar refractivity (Wildman–Crippen MR) is 69.9 cm³/mol. The monoisotopic (exact) mass is 280 g/mol. The average Bonchev–Trinajstić information content (AvgIpc) is 2.39. The Hall–Kier alpha value is -0.630. The van der Waals surface area contributed by atoms with Crippen molar-refractivity contribution in [2.24, 2.45) is 5.92 Å². The maximum Gasteiger partial charge on any atom is 0.146 e. The van der Waals surface area contributed by atoms with Crippen LogP contribution < -0.4 is 0 Å². The summed E-state index contributed by atoms with van der Waals surface area (Å²) in [6.07, 6.45) is 4.44. The zero-order chi connectivity index (χ0) is 11.4. The van der Waals surface area contributed by atoms with E-state index in [1.54, 1.807) is 0 Å². The van der Waals surface area contributed by atoms with Gasteiger partial charge in [-0.05, 0) is 37.2 Å². The zero-order valence-corrected chi connectivity index (χ0v) is 10.9. The van der Waals surface area contributed by atoms with Gasteiger partial charge in [0.05, 0.1) is 5.33 Å². The van der Waals surface area contributed by atoms with Crippen LogP contribution >= 0.6 is 15.9 Å². The van der Waals surface area contributed by atoms with E-state index >= 15 is 0 Å². The van der Waals surface area contributed by atoms with Gasteiger partial charge in [-0.1, -0.05) is 46.3 Å². The van der Waals surface area contributed by atoms with Gasteiger partial charge >= 0.3 is 0 Å². The van der Waals surface area contributed by atoms with Crippen LogP contribution in [0.5, 0.6) is 0 Å². The predicted octanol–water partition coefficient (Wildman–Crippen LogP) is 3.92. The number of carbonyl (C=O) groups excluding carboxylic acids is 1. The third kappa shape index (κ3) is 2.73. The van der Waals surface area contributed by atoms with Gasteiger partial charge in [0.25, 0.3) is 0 Å². The summed E-state index contributed by atoms with van der Waals surface area (Å²) < 4.78 is 0. The summed E-state index contributed by atoms with van der Waals surface area (Å²) in [5.41, 5.74) is 1.44. The van der Waals surface area contributed by atoms with Gasteiger partial charge in [0.2, 0.25) is 0 Å². The van der Waals surface area contributed by atoms with E-state index in [4.69, 9.17) is 0 Å². The number of hydrogen-bond acceptors (Lipinski definition) is 1. The van der Waals surface area contributed by atoms with Gasteiger partial charge in [0, 0.05) is 5.92 Å². The Labute approximate surface area is 105 Å². The molecule has 86 valence electrons. The van der Waals surface area contributed by atoms with Crippen LogP contribution in [0.15, 0.2) is 30.3 Å². The Bertz CT molecular complexity index is 339. The second kappa shape index (κ2) is 5.62. The molecule has 1 aromatic carbocycles. The normalized spacial score (nSPS) is 25.3. The fraction of sp³-hybridized carbons (Fsp3) is 0.500. The lowest BCUT2D eigenvalue weighted by molar-refractivity contribution is -0.121. The van der Waals surface area contributed by atoms with Crippen LogP contribution in [0.25, 0.3) is 0 Å². The summed E-state index contributed by atoms with van der Waals surface area (Å²) in [5, 5.41) is 0.521. The second-order valence-electron chi connectivity index (χ2n) is 4.56. The molecule has 1 saturated carbocycles. The number of alkyl halides is 1. The summed E-state index contributed by atoms with van der Waals surface area (Å²) in [5.74, 6) is 1.35. The summed E-state index contributed by atoms with van der Waals surface area (Å²) in [6.45, 7) is 0. The standard InChI is InChI=1S/C14H17BrO/c15-10-14(16)13-8-6-12(7-9-13)11-4-2-1-3-5-11/h1-5,12-13H,6-10H2/t12-,13-. The SMILES string of the molecule is O=C(CBr)[C@H]1CC[C@H](c2ccccc2)CC1. The van der Waals surface area contributed by atoms with Gasteiger partial charge in [-0.3, -0.25) is 4.79 Å². The van der Waals surface area contributed by atoms with Crippen molar-refractivity contribution in [1.29, 1.82) is 0 Å². The Morgan fingerprint density at radius 3 is 2.31 bits per heavy atom. The molecule has 0 N–H and O–H groups in total. The van der Waals surface area contributed by atoms with Gasteiger partial charge in [-0.25, -0.2) is 0 Å². The first-order valence-corrected chi connectivity index (χ1v) is 7.07. The molecule has 1 nitrogen and oxygen atoms in total. The lowest BCUT2D eigenvalue weighted by atomic mass is 9.77. The molecule has 0 radical (unpaired) electrons. The third-order valence-electron chi connectivity index (χ3n) is 3.59. The Balaban J connectivity index is 1.93. The van der Waals surface area contributed by atoms with E-state index in [1.165, 1.54) is 5.56 Å². The molecule has 1 fully saturated rings. The molecule has 0 unspecified atom stereocenters. The van der Waals surface area contributed by atoms with Crippen molar-refractivity contribution in [2.45, 2.75) is 31.6 Å². The highest BCUT2D eigenvalue weighted by Crippen LogP contribution is 2.36. The molecule has 0 spiro atoms. The molecular weight excluding hydrogens is 264 g/mol. The number of Topliss-reactive ketones (excluding diaryl/α,β-unsaturated/α-hetero) is 1. The smallest absolute Gasteiger partial charge is 0.146 e. The summed E-state index contributed by atoms with van der Waals surface area (Å²) in [4.78, 5) is 11.6. The lowest BCUT2D eigenvalue weighted by Gasteiger charge is -2.27. The Kier molecular flexibility index (Phi) is 4.16. The minimum atomic E-state index is 0.305. The fourth-order valence-corrected chi connectivity index (χ4v) is 3.04. The number of halogens is 1. The zero-order valence-electron chi connectivity index (χ0n) is 9.36. The molecule has 0 amide bonds. The Morgan fingerprint density at radius 1 is 1.12 bits per heavy atom. The summed E-state index contributed by atoms with van der Waals surface area (Å²) in [7, 11) is 0. The van der Waals surface area contributed by atoms with E-state index in [0.29, 0.717) is 22.9 Å². The van der Waals surface area contributed by atoms with E-state index in [9.17, 15) is 4.79 Å². The molecule has 1 aromatic rings. The minimum Gasteiger partial charge on any atom is -0.298 e. The van der Waals surface area contributed by atoms with E-state index in [0.717, 1.165) is 25.7 Å². The number of hydrogen-bond donors (Lipinski definition) is 0. The van der Waals surface area contributed by atoms with Crippen molar-refractivity contribution >= 4 is 21.7 Å². The van der Waals surface area contributed by atoms with Gasteiger partial charge in [-0.2, -0.15) is 0 Å². The maximum absolute atomic E-state index is 11.6. The first kappa shape index (κ1) is 11.8. The number of ketones is 1. The van der Waals surface area contributed by atoms with Gasteiger partial charge < -0.3 is 0 Å². The molecule has 1 aliphatic carbocycles. The van der Waals surface area contributed by atoms with E-state index in [2.05, 4.69) is 46.3 Å². The average molecular weight is 281 g/mol. The molecule has 2 rings (SSSR count). The van der Waals surface area contributed by atoms with Crippen molar-refractivity contribution in [1.82, 2.24) is 0 Å². The van der Waals surface area contributed by atoms with Crippen molar-refractivity contribution in [2.75, 3.05) is 5.33 Å². The highest BCUT2D eigenvalue weighted by molar-refractivity contribution is 9.09. The van der Waals surface area contributed by atoms with Crippen LogP contribution in [-0.2, 0) is 4.79 Å².